The lowest BCUT2D eigenvalue weighted by Gasteiger charge is -2.11. The molecule has 0 radical (unpaired) electrons. The molecule has 0 spiro atoms. The maximum absolute atomic E-state index is 11.7. The molecule has 0 fully saturated rings. The molecule has 0 bridgehead atoms. The zero-order valence-corrected chi connectivity index (χ0v) is 11.9. The minimum absolute atomic E-state index is 0.177. The van der Waals surface area contributed by atoms with Gasteiger partial charge in [-0.15, -0.1) is 10.2 Å². The van der Waals surface area contributed by atoms with E-state index in [0.29, 0.717) is 21.6 Å². The van der Waals surface area contributed by atoms with E-state index in [2.05, 4.69) is 25.9 Å². The van der Waals surface area contributed by atoms with Crippen molar-refractivity contribution in [3.05, 3.63) is 34.1 Å². The zero-order chi connectivity index (χ0) is 14.5. The summed E-state index contributed by atoms with van der Waals surface area (Å²) < 4.78 is 5.30. The fourth-order valence-corrected chi connectivity index (χ4v) is 1.90. The summed E-state index contributed by atoms with van der Waals surface area (Å²) in [5.41, 5.74) is 0. The second kappa shape index (κ2) is 6.53. The minimum atomic E-state index is -0.370. The SMILES string of the molecule is CC(NC(=O)COc1ccc(Cl)cc1Cl)c1nn[nH]n1. The zero-order valence-electron chi connectivity index (χ0n) is 10.4. The fraction of sp³-hybridized carbons (Fsp3) is 0.273. The van der Waals surface area contributed by atoms with Crippen molar-refractivity contribution in [3.63, 3.8) is 0 Å². The molecule has 0 aliphatic carbocycles. The Morgan fingerprint density at radius 3 is 2.95 bits per heavy atom. The van der Waals surface area contributed by atoms with Crippen molar-refractivity contribution in [2.24, 2.45) is 0 Å². The van der Waals surface area contributed by atoms with Crippen LogP contribution < -0.4 is 10.1 Å². The highest BCUT2D eigenvalue weighted by atomic mass is 35.5. The Balaban J connectivity index is 1.86. The molecule has 1 heterocycles. The molecule has 0 saturated carbocycles. The maximum atomic E-state index is 11.7. The largest absolute Gasteiger partial charge is 0.482 e. The maximum Gasteiger partial charge on any atom is 0.258 e. The van der Waals surface area contributed by atoms with Gasteiger partial charge in [0.1, 0.15) is 5.75 Å². The molecule has 1 amide bonds. The monoisotopic (exact) mass is 315 g/mol. The first kappa shape index (κ1) is 14.5. The summed E-state index contributed by atoms with van der Waals surface area (Å²) in [7, 11) is 0. The number of carbonyl (C=O) groups is 1. The van der Waals surface area contributed by atoms with Gasteiger partial charge in [-0.2, -0.15) is 5.21 Å². The highest BCUT2D eigenvalue weighted by molar-refractivity contribution is 6.35. The van der Waals surface area contributed by atoms with Crippen LogP contribution in [0, 0.1) is 0 Å². The van der Waals surface area contributed by atoms with Crippen LogP contribution in [0.3, 0.4) is 0 Å². The van der Waals surface area contributed by atoms with Gasteiger partial charge in [0.2, 0.25) is 0 Å². The lowest BCUT2D eigenvalue weighted by molar-refractivity contribution is -0.123. The number of amides is 1. The van der Waals surface area contributed by atoms with Gasteiger partial charge in [0.05, 0.1) is 11.1 Å². The summed E-state index contributed by atoms with van der Waals surface area (Å²) in [6.07, 6.45) is 0. The lowest BCUT2D eigenvalue weighted by Crippen LogP contribution is -2.31. The number of rotatable bonds is 5. The van der Waals surface area contributed by atoms with Crippen LogP contribution in [0.15, 0.2) is 18.2 Å². The van der Waals surface area contributed by atoms with Gasteiger partial charge in [0.25, 0.3) is 5.91 Å². The number of ether oxygens (including phenoxy) is 1. The van der Waals surface area contributed by atoms with E-state index in [1.165, 1.54) is 6.07 Å². The molecule has 2 N–H and O–H groups in total. The molecular formula is C11H11Cl2N5O2. The molecule has 1 atom stereocenters. The Morgan fingerprint density at radius 1 is 1.50 bits per heavy atom. The summed E-state index contributed by atoms with van der Waals surface area (Å²) in [5, 5.41) is 16.8. The molecule has 1 aromatic carbocycles. The van der Waals surface area contributed by atoms with Crippen LogP contribution >= 0.6 is 23.2 Å². The quantitative estimate of drug-likeness (QED) is 0.877. The molecule has 1 unspecified atom stereocenters. The van der Waals surface area contributed by atoms with Gasteiger partial charge in [-0.25, -0.2) is 0 Å². The topological polar surface area (TPSA) is 92.8 Å². The van der Waals surface area contributed by atoms with Crippen LogP contribution in [0.25, 0.3) is 0 Å². The van der Waals surface area contributed by atoms with Gasteiger partial charge in [-0.3, -0.25) is 4.79 Å². The van der Waals surface area contributed by atoms with Gasteiger partial charge in [-0.1, -0.05) is 28.4 Å². The van der Waals surface area contributed by atoms with E-state index in [4.69, 9.17) is 27.9 Å². The first-order chi connectivity index (χ1) is 9.56. The predicted molar refractivity (Wildman–Crippen MR) is 72.7 cm³/mol. The number of benzene rings is 1. The lowest BCUT2D eigenvalue weighted by atomic mass is 10.3. The van der Waals surface area contributed by atoms with E-state index < -0.39 is 0 Å². The summed E-state index contributed by atoms with van der Waals surface area (Å²) >= 11 is 11.7. The van der Waals surface area contributed by atoms with Crippen LogP contribution in [0.4, 0.5) is 0 Å². The first-order valence-electron chi connectivity index (χ1n) is 5.67. The Kier molecular flexibility index (Phi) is 4.75. The summed E-state index contributed by atoms with van der Waals surface area (Å²) in [4.78, 5) is 11.7. The molecular weight excluding hydrogens is 305 g/mol. The average Bonchev–Trinajstić information content (AvgIpc) is 2.91. The Morgan fingerprint density at radius 2 is 2.30 bits per heavy atom. The van der Waals surface area contributed by atoms with Crippen LogP contribution in [0.2, 0.25) is 10.0 Å². The predicted octanol–water partition coefficient (Wildman–Crippen LogP) is 1.76. The van der Waals surface area contributed by atoms with E-state index >= 15 is 0 Å². The molecule has 0 aliphatic heterocycles. The summed E-state index contributed by atoms with van der Waals surface area (Å²) in [6.45, 7) is 1.56. The second-order valence-electron chi connectivity index (χ2n) is 3.92. The third-order valence-corrected chi connectivity index (χ3v) is 2.91. The molecule has 2 aromatic rings. The number of H-pyrrole nitrogens is 1. The van der Waals surface area contributed by atoms with Crippen molar-refractivity contribution in [2.45, 2.75) is 13.0 Å². The van der Waals surface area contributed by atoms with E-state index in [0.717, 1.165) is 0 Å². The van der Waals surface area contributed by atoms with Crippen LogP contribution in [-0.2, 0) is 4.79 Å². The van der Waals surface area contributed by atoms with E-state index in [-0.39, 0.29) is 18.6 Å². The molecule has 1 aromatic heterocycles. The smallest absolute Gasteiger partial charge is 0.258 e. The number of halogens is 2. The van der Waals surface area contributed by atoms with Crippen LogP contribution in [0.1, 0.15) is 18.8 Å². The molecule has 0 saturated heterocycles. The van der Waals surface area contributed by atoms with E-state index in [9.17, 15) is 4.79 Å². The van der Waals surface area contributed by atoms with Gasteiger partial charge < -0.3 is 10.1 Å². The molecule has 9 heteroatoms. The third kappa shape index (κ3) is 3.82. The first-order valence-corrected chi connectivity index (χ1v) is 6.42. The number of nitrogens with zero attached hydrogens (tertiary/aromatic N) is 3. The molecule has 20 heavy (non-hydrogen) atoms. The number of aromatic amines is 1. The van der Waals surface area contributed by atoms with Crippen LogP contribution in [-0.4, -0.2) is 33.1 Å². The van der Waals surface area contributed by atoms with Crippen molar-refractivity contribution in [1.82, 2.24) is 25.9 Å². The number of hydrogen-bond donors (Lipinski definition) is 2. The Labute approximate surface area is 124 Å². The van der Waals surface area contributed by atoms with Crippen molar-refractivity contribution in [2.75, 3.05) is 6.61 Å². The highest BCUT2D eigenvalue weighted by Gasteiger charge is 2.14. The molecule has 0 aliphatic rings. The third-order valence-electron chi connectivity index (χ3n) is 2.38. The van der Waals surface area contributed by atoms with Crippen molar-refractivity contribution in [3.8, 4) is 5.75 Å². The van der Waals surface area contributed by atoms with E-state index in [1.807, 2.05) is 0 Å². The number of aromatic nitrogens is 4. The average molecular weight is 316 g/mol. The molecule has 106 valence electrons. The van der Waals surface area contributed by atoms with Gasteiger partial charge in [0, 0.05) is 5.02 Å². The van der Waals surface area contributed by atoms with Crippen LogP contribution in [0.5, 0.6) is 5.75 Å². The summed E-state index contributed by atoms with van der Waals surface area (Å²) in [6, 6.07) is 4.40. The van der Waals surface area contributed by atoms with Crippen molar-refractivity contribution < 1.29 is 9.53 Å². The standard InChI is InChI=1S/C11H11Cl2N5O2/c1-6(11-15-17-18-16-11)14-10(19)5-20-9-3-2-7(12)4-8(9)13/h2-4,6H,5H2,1H3,(H,14,19)(H,15,16,17,18). The molecule has 7 nitrogen and oxygen atoms in total. The number of carbonyl (C=O) groups excluding carboxylic acids is 1. The number of hydrogen-bond acceptors (Lipinski definition) is 5. The highest BCUT2D eigenvalue weighted by Crippen LogP contribution is 2.27. The number of nitrogens with one attached hydrogen (secondary N) is 2. The molecule has 2 rings (SSSR count). The second-order valence-corrected chi connectivity index (χ2v) is 4.77. The van der Waals surface area contributed by atoms with Gasteiger partial charge in [-0.05, 0) is 25.1 Å². The summed E-state index contributed by atoms with van der Waals surface area (Å²) in [5.74, 6) is 0.453. The van der Waals surface area contributed by atoms with Crippen molar-refractivity contribution >= 4 is 29.1 Å². The Hall–Kier alpha value is -1.86. The van der Waals surface area contributed by atoms with Gasteiger partial charge >= 0.3 is 0 Å². The Bertz CT molecular complexity index is 591. The van der Waals surface area contributed by atoms with Crippen molar-refractivity contribution in [1.29, 1.82) is 0 Å². The number of tetrazole rings is 1. The fourth-order valence-electron chi connectivity index (χ4n) is 1.44. The van der Waals surface area contributed by atoms with E-state index in [1.54, 1.807) is 19.1 Å². The normalized spacial score (nSPS) is 11.9. The van der Waals surface area contributed by atoms with Gasteiger partial charge in [0.15, 0.2) is 12.4 Å². The minimum Gasteiger partial charge on any atom is -0.482 e.